The summed E-state index contributed by atoms with van der Waals surface area (Å²) in [5.74, 6) is 1.12. The molecule has 4 rings (SSSR count). The van der Waals surface area contributed by atoms with Crippen molar-refractivity contribution in [2.45, 2.75) is 29.2 Å². The van der Waals surface area contributed by atoms with Crippen molar-refractivity contribution in [1.82, 2.24) is 4.90 Å². The van der Waals surface area contributed by atoms with Gasteiger partial charge < -0.3 is 9.47 Å². The third-order valence-corrected chi connectivity index (χ3v) is 8.32. The minimum absolute atomic E-state index is 0.0307. The molecule has 1 aliphatic heterocycles. The number of hydrogen-bond acceptors (Lipinski definition) is 7. The van der Waals surface area contributed by atoms with Gasteiger partial charge in [-0.05, 0) is 54.8 Å². The van der Waals surface area contributed by atoms with Gasteiger partial charge in [0.25, 0.3) is 0 Å². The fraction of sp³-hybridized carbons (Fsp3) is 0.269. The summed E-state index contributed by atoms with van der Waals surface area (Å²) in [7, 11) is -2.78. The summed E-state index contributed by atoms with van der Waals surface area (Å²) in [6.45, 7) is -0.105. The van der Waals surface area contributed by atoms with Gasteiger partial charge in [0.15, 0.2) is 4.87 Å². The van der Waals surface area contributed by atoms with Crippen molar-refractivity contribution in [1.29, 1.82) is 0 Å². The maximum absolute atomic E-state index is 13.9. The van der Waals surface area contributed by atoms with Gasteiger partial charge in [0.2, 0.25) is 9.84 Å². The molecule has 9 heteroatoms. The van der Waals surface area contributed by atoms with Gasteiger partial charge in [-0.2, -0.15) is 0 Å². The van der Waals surface area contributed by atoms with Gasteiger partial charge in [-0.1, -0.05) is 48.5 Å². The first kappa shape index (κ1) is 24.7. The van der Waals surface area contributed by atoms with Gasteiger partial charge >= 0.3 is 6.09 Å². The van der Waals surface area contributed by atoms with Crippen LogP contribution in [0, 0.1) is 0 Å². The summed E-state index contributed by atoms with van der Waals surface area (Å²) < 4.78 is 39.0. The zero-order chi connectivity index (χ0) is 24.7. The molecule has 0 radical (unpaired) electrons. The van der Waals surface area contributed by atoms with E-state index >= 15 is 0 Å². The van der Waals surface area contributed by atoms with E-state index in [0.29, 0.717) is 17.9 Å². The molecule has 1 fully saturated rings. The van der Waals surface area contributed by atoms with Crippen molar-refractivity contribution in [3.8, 4) is 11.5 Å². The third kappa shape index (κ3) is 5.32. The Bertz CT molecular complexity index is 1220. The van der Waals surface area contributed by atoms with Gasteiger partial charge in [0.05, 0.1) is 12.0 Å². The molecule has 0 N–H and O–H groups in total. The van der Waals surface area contributed by atoms with Crippen LogP contribution in [0.2, 0.25) is 0 Å². The summed E-state index contributed by atoms with van der Waals surface area (Å²) in [4.78, 5) is 22.5. The molecule has 3 aromatic carbocycles. The molecular weight excluding hydrogens is 470 g/mol. The second-order valence-electron chi connectivity index (χ2n) is 8.06. The molecule has 0 aromatic heterocycles. The number of hydrogen-bond donors (Lipinski definition) is 0. The first-order chi connectivity index (χ1) is 17.0. The van der Waals surface area contributed by atoms with Crippen molar-refractivity contribution in [2.24, 2.45) is 0 Å². The van der Waals surface area contributed by atoms with E-state index < -0.39 is 20.8 Å². The molecule has 0 spiro atoms. The lowest BCUT2D eigenvalue weighted by Gasteiger charge is -2.36. The smallest absolute Gasteiger partial charge is 0.411 e. The normalized spacial score (nSPS) is 17.8. The van der Waals surface area contributed by atoms with Crippen LogP contribution in [0.4, 0.5) is 4.79 Å². The topological polar surface area (TPSA) is 91.4 Å². The predicted molar refractivity (Wildman–Crippen MR) is 128 cm³/mol. The van der Waals surface area contributed by atoms with Crippen LogP contribution in [0.1, 0.15) is 18.4 Å². The number of nitrogens with zero attached hydrogens (tertiary/aromatic N) is 1. The van der Waals surface area contributed by atoms with E-state index in [1.54, 1.807) is 24.3 Å². The molecule has 1 amide bonds. The Morgan fingerprint density at radius 2 is 1.54 bits per heavy atom. The summed E-state index contributed by atoms with van der Waals surface area (Å²) in [5, 5.41) is 0. The van der Waals surface area contributed by atoms with Crippen LogP contribution in [0.15, 0.2) is 89.8 Å². The summed E-state index contributed by atoms with van der Waals surface area (Å²) in [6, 6.07) is 24.5. The fourth-order valence-corrected chi connectivity index (χ4v) is 6.10. The molecule has 0 saturated carbocycles. The van der Waals surface area contributed by atoms with Crippen molar-refractivity contribution in [3.05, 3.63) is 90.5 Å². The highest BCUT2D eigenvalue weighted by molar-refractivity contribution is 7.92. The van der Waals surface area contributed by atoms with Crippen LogP contribution >= 0.6 is 0 Å². The van der Waals surface area contributed by atoms with Gasteiger partial charge in [0.1, 0.15) is 24.7 Å². The molecule has 3 aromatic rings. The molecule has 1 unspecified atom stereocenters. The minimum atomic E-state index is -4.07. The number of likely N-dealkylation sites (tertiary alicyclic amines) is 1. The van der Waals surface area contributed by atoms with E-state index in [-0.39, 0.29) is 31.1 Å². The average molecular weight is 498 g/mol. The summed E-state index contributed by atoms with van der Waals surface area (Å²) >= 11 is 0. The van der Waals surface area contributed by atoms with Crippen LogP contribution in [0.3, 0.4) is 0 Å². The number of sulfone groups is 1. The lowest BCUT2D eigenvalue weighted by Crippen LogP contribution is -2.56. The Kier molecular flexibility index (Phi) is 7.70. The number of ether oxygens (including phenoxy) is 2. The highest BCUT2D eigenvalue weighted by Gasteiger charge is 2.55. The molecule has 1 atom stereocenters. The SMILES string of the molecule is COOCC1(S(=O)(=O)c2ccc(Oc3ccccc3)cc2)CCCN1C(=O)OCc1ccccc1. The molecular formula is C26H27NO7S. The average Bonchev–Trinajstić information content (AvgIpc) is 3.33. The zero-order valence-electron chi connectivity index (χ0n) is 19.3. The molecule has 1 heterocycles. The Labute approximate surface area is 204 Å². The van der Waals surface area contributed by atoms with Crippen LogP contribution in [0.5, 0.6) is 11.5 Å². The van der Waals surface area contributed by atoms with Gasteiger partial charge in [-0.15, -0.1) is 0 Å². The number of para-hydroxylation sites is 1. The number of amides is 1. The lowest BCUT2D eigenvalue weighted by atomic mass is 10.2. The van der Waals surface area contributed by atoms with Crippen molar-refractivity contribution < 1.29 is 32.5 Å². The highest BCUT2D eigenvalue weighted by Crippen LogP contribution is 2.40. The second kappa shape index (κ2) is 10.9. The Balaban J connectivity index is 1.58. The van der Waals surface area contributed by atoms with Crippen LogP contribution in [0.25, 0.3) is 0 Å². The molecule has 35 heavy (non-hydrogen) atoms. The van der Waals surface area contributed by atoms with Crippen LogP contribution < -0.4 is 4.74 Å². The molecule has 1 aliphatic rings. The quantitative estimate of drug-likeness (QED) is 0.305. The molecule has 8 nitrogen and oxygen atoms in total. The molecule has 0 bridgehead atoms. The standard InChI is InChI=1S/C26H27NO7S/c1-31-33-20-26(17-8-18-27(26)25(28)32-19-21-9-4-2-5-10-21)35(29,30)24-15-13-23(14-16-24)34-22-11-6-3-7-12-22/h2-7,9-16H,8,17-20H2,1H3. The van der Waals surface area contributed by atoms with E-state index in [9.17, 15) is 13.2 Å². The highest BCUT2D eigenvalue weighted by atomic mass is 32.2. The molecule has 184 valence electrons. The monoisotopic (exact) mass is 497 g/mol. The Morgan fingerprint density at radius 3 is 2.20 bits per heavy atom. The maximum Gasteiger partial charge on any atom is 0.411 e. The van der Waals surface area contributed by atoms with Gasteiger partial charge in [-0.25, -0.2) is 23.0 Å². The number of carbonyl (C=O) groups is 1. The van der Waals surface area contributed by atoms with E-state index in [0.717, 1.165) is 5.56 Å². The number of benzene rings is 3. The van der Waals surface area contributed by atoms with Gasteiger partial charge in [0, 0.05) is 6.54 Å². The molecule has 1 saturated heterocycles. The van der Waals surface area contributed by atoms with Crippen molar-refractivity contribution in [2.75, 3.05) is 20.3 Å². The van der Waals surface area contributed by atoms with Crippen LogP contribution in [-0.2, 0) is 31.0 Å². The first-order valence-electron chi connectivity index (χ1n) is 11.2. The Morgan fingerprint density at radius 1 is 0.914 bits per heavy atom. The lowest BCUT2D eigenvalue weighted by molar-refractivity contribution is -0.281. The maximum atomic E-state index is 13.9. The number of carbonyl (C=O) groups excluding carboxylic acids is 1. The molecule has 0 aliphatic carbocycles. The van der Waals surface area contributed by atoms with Crippen molar-refractivity contribution in [3.63, 3.8) is 0 Å². The predicted octanol–water partition coefficient (Wildman–Crippen LogP) is 4.96. The van der Waals surface area contributed by atoms with E-state index in [4.69, 9.17) is 19.2 Å². The fourth-order valence-electron chi connectivity index (χ4n) is 4.10. The van der Waals surface area contributed by atoms with E-state index in [2.05, 4.69) is 0 Å². The summed E-state index contributed by atoms with van der Waals surface area (Å²) in [5.41, 5.74) is 0.802. The number of rotatable bonds is 9. The third-order valence-electron chi connectivity index (χ3n) is 5.88. The van der Waals surface area contributed by atoms with E-state index in [1.165, 1.54) is 24.1 Å². The van der Waals surface area contributed by atoms with Crippen molar-refractivity contribution >= 4 is 15.9 Å². The minimum Gasteiger partial charge on any atom is -0.457 e. The Hall–Kier alpha value is -3.40. The second-order valence-corrected chi connectivity index (χ2v) is 10.3. The summed E-state index contributed by atoms with van der Waals surface area (Å²) in [6.07, 6.45) is -0.0674. The first-order valence-corrected chi connectivity index (χ1v) is 12.7. The largest absolute Gasteiger partial charge is 0.457 e. The van der Waals surface area contributed by atoms with E-state index in [1.807, 2.05) is 48.5 Å². The van der Waals surface area contributed by atoms with Gasteiger partial charge in [-0.3, -0.25) is 4.90 Å². The zero-order valence-corrected chi connectivity index (χ0v) is 20.1. The van der Waals surface area contributed by atoms with Crippen LogP contribution in [-0.4, -0.2) is 44.5 Å².